The molecule has 0 aliphatic carbocycles. The number of hydrogen-bond acceptors (Lipinski definition) is 3. The molecule has 2 nitrogen and oxygen atoms in total. The van der Waals surface area contributed by atoms with Crippen LogP contribution >= 0.6 is 11.3 Å². The lowest BCUT2D eigenvalue weighted by molar-refractivity contribution is 0.326. The second kappa shape index (κ2) is 3.26. The summed E-state index contributed by atoms with van der Waals surface area (Å²) < 4.78 is 6.98. The molecule has 0 radical (unpaired) electrons. The van der Waals surface area contributed by atoms with Gasteiger partial charge in [0.25, 0.3) is 0 Å². The van der Waals surface area contributed by atoms with Crippen molar-refractivity contribution >= 4 is 21.4 Å². The lowest BCUT2D eigenvalue weighted by atomic mass is 10.1. The summed E-state index contributed by atoms with van der Waals surface area (Å²) in [6.07, 6.45) is 0. The van der Waals surface area contributed by atoms with Crippen molar-refractivity contribution in [3.05, 3.63) is 29.1 Å². The van der Waals surface area contributed by atoms with Gasteiger partial charge in [-0.15, -0.1) is 11.3 Å². The third-order valence-electron chi connectivity index (χ3n) is 2.49. The summed E-state index contributed by atoms with van der Waals surface area (Å²) in [5, 5.41) is 6.78. The maximum atomic E-state index is 5.67. The topological polar surface area (TPSA) is 21.3 Å². The van der Waals surface area contributed by atoms with Crippen LogP contribution in [0.2, 0.25) is 0 Å². The molecular weight excluding hydrogens is 194 g/mol. The second-order valence-electron chi connectivity index (χ2n) is 3.44. The van der Waals surface area contributed by atoms with Crippen molar-refractivity contribution in [3.63, 3.8) is 0 Å². The van der Waals surface area contributed by atoms with Gasteiger partial charge in [0.05, 0.1) is 0 Å². The molecule has 0 bridgehead atoms. The Morgan fingerprint density at radius 1 is 1.36 bits per heavy atom. The van der Waals surface area contributed by atoms with E-state index in [4.69, 9.17) is 4.74 Å². The Hall–Kier alpha value is -1.06. The molecule has 2 heterocycles. The maximum absolute atomic E-state index is 5.67. The molecule has 0 amide bonds. The van der Waals surface area contributed by atoms with Crippen LogP contribution in [0.3, 0.4) is 0 Å². The molecule has 3 rings (SSSR count). The molecule has 0 saturated heterocycles. The Morgan fingerprint density at radius 2 is 2.36 bits per heavy atom. The van der Waals surface area contributed by atoms with E-state index >= 15 is 0 Å². The normalized spacial score (nSPS) is 16.0. The Bertz CT molecular complexity index is 423. The van der Waals surface area contributed by atoms with E-state index in [1.807, 2.05) is 0 Å². The van der Waals surface area contributed by atoms with Crippen LogP contribution < -0.4 is 10.1 Å². The van der Waals surface area contributed by atoms with Gasteiger partial charge in [-0.1, -0.05) is 0 Å². The fourth-order valence-corrected chi connectivity index (χ4v) is 2.57. The van der Waals surface area contributed by atoms with Gasteiger partial charge in [-0.3, -0.25) is 0 Å². The fraction of sp³-hybridized carbons (Fsp3) is 0.273. The van der Waals surface area contributed by atoms with Crippen LogP contribution in [-0.2, 0) is 6.54 Å². The summed E-state index contributed by atoms with van der Waals surface area (Å²) in [7, 11) is 0. The van der Waals surface area contributed by atoms with Crippen molar-refractivity contribution in [1.82, 2.24) is 5.32 Å². The summed E-state index contributed by atoms with van der Waals surface area (Å²) in [4.78, 5) is 0. The molecule has 0 unspecified atom stereocenters. The number of ether oxygens (including phenoxy) is 1. The van der Waals surface area contributed by atoms with Gasteiger partial charge >= 0.3 is 0 Å². The molecule has 1 aromatic carbocycles. The molecule has 0 saturated carbocycles. The van der Waals surface area contributed by atoms with Gasteiger partial charge in [-0.25, -0.2) is 0 Å². The van der Waals surface area contributed by atoms with Crippen molar-refractivity contribution in [1.29, 1.82) is 0 Å². The second-order valence-corrected chi connectivity index (χ2v) is 4.39. The monoisotopic (exact) mass is 205 g/mol. The van der Waals surface area contributed by atoms with Crippen molar-refractivity contribution in [3.8, 4) is 5.75 Å². The van der Waals surface area contributed by atoms with Crippen LogP contribution in [0.15, 0.2) is 23.6 Å². The molecule has 0 fully saturated rings. The van der Waals surface area contributed by atoms with Crippen LogP contribution in [0.1, 0.15) is 5.56 Å². The highest BCUT2D eigenvalue weighted by Gasteiger charge is 2.09. The Balaban J connectivity index is 2.19. The van der Waals surface area contributed by atoms with Gasteiger partial charge in [-0.2, -0.15) is 0 Å². The average Bonchev–Trinajstić information content (AvgIpc) is 2.51. The molecule has 72 valence electrons. The van der Waals surface area contributed by atoms with E-state index in [-0.39, 0.29) is 0 Å². The minimum atomic E-state index is 0.768. The highest BCUT2D eigenvalue weighted by Crippen LogP contribution is 2.30. The predicted molar refractivity (Wildman–Crippen MR) is 59.0 cm³/mol. The van der Waals surface area contributed by atoms with E-state index in [1.54, 1.807) is 11.3 Å². The maximum Gasteiger partial charge on any atom is 0.125 e. The number of thiophene rings is 1. The van der Waals surface area contributed by atoms with Crippen LogP contribution in [0.5, 0.6) is 5.75 Å². The first-order chi connectivity index (χ1) is 6.93. The molecular formula is C11H11NOS. The van der Waals surface area contributed by atoms with E-state index in [2.05, 4.69) is 28.9 Å². The summed E-state index contributed by atoms with van der Waals surface area (Å²) in [6.45, 7) is 2.62. The molecule has 14 heavy (non-hydrogen) atoms. The first-order valence-electron chi connectivity index (χ1n) is 4.77. The van der Waals surface area contributed by atoms with Crippen LogP contribution in [-0.4, -0.2) is 13.2 Å². The van der Waals surface area contributed by atoms with Crippen LogP contribution in [0.25, 0.3) is 10.1 Å². The zero-order valence-electron chi connectivity index (χ0n) is 7.75. The van der Waals surface area contributed by atoms with E-state index in [0.717, 1.165) is 25.4 Å². The van der Waals surface area contributed by atoms with Gasteiger partial charge in [0.15, 0.2) is 0 Å². The van der Waals surface area contributed by atoms with E-state index < -0.39 is 0 Å². The first kappa shape index (κ1) is 8.26. The van der Waals surface area contributed by atoms with Crippen molar-refractivity contribution in [2.24, 2.45) is 0 Å². The zero-order valence-corrected chi connectivity index (χ0v) is 8.56. The largest absolute Gasteiger partial charge is 0.492 e. The molecule has 1 aliphatic heterocycles. The molecule has 0 atom stereocenters. The predicted octanol–water partition coefficient (Wildman–Crippen LogP) is 2.38. The van der Waals surface area contributed by atoms with E-state index in [0.29, 0.717) is 0 Å². The number of nitrogens with one attached hydrogen (secondary N) is 1. The standard InChI is InChI=1S/C11H11NOS/c1-4-14-11-6-10-9(5-8(1)11)7-12-2-3-13-10/h1,4-6,12H,2-3,7H2. The van der Waals surface area contributed by atoms with Crippen molar-refractivity contribution in [2.75, 3.05) is 13.2 Å². The molecule has 1 aromatic heterocycles. The SMILES string of the molecule is c1cc2cc3c(cc2s1)OCCNC3. The lowest BCUT2D eigenvalue weighted by Gasteiger charge is -2.05. The highest BCUT2D eigenvalue weighted by molar-refractivity contribution is 7.17. The smallest absolute Gasteiger partial charge is 0.125 e. The van der Waals surface area contributed by atoms with Gasteiger partial charge < -0.3 is 10.1 Å². The third-order valence-corrected chi connectivity index (χ3v) is 3.37. The highest BCUT2D eigenvalue weighted by atomic mass is 32.1. The lowest BCUT2D eigenvalue weighted by Crippen LogP contribution is -2.16. The van der Waals surface area contributed by atoms with Gasteiger partial charge in [0, 0.05) is 23.4 Å². The summed E-state index contributed by atoms with van der Waals surface area (Å²) >= 11 is 1.77. The summed E-state index contributed by atoms with van der Waals surface area (Å²) in [5.74, 6) is 1.05. The zero-order chi connectivity index (χ0) is 9.38. The molecule has 3 heteroatoms. The fourth-order valence-electron chi connectivity index (χ4n) is 1.77. The van der Waals surface area contributed by atoms with E-state index in [9.17, 15) is 0 Å². The average molecular weight is 205 g/mol. The van der Waals surface area contributed by atoms with Crippen LogP contribution in [0, 0.1) is 0 Å². The van der Waals surface area contributed by atoms with Gasteiger partial charge in [0.2, 0.25) is 0 Å². The third kappa shape index (κ3) is 1.29. The summed E-state index contributed by atoms with van der Waals surface area (Å²) in [6, 6.07) is 6.53. The van der Waals surface area contributed by atoms with Crippen molar-refractivity contribution in [2.45, 2.75) is 6.54 Å². The van der Waals surface area contributed by atoms with Crippen molar-refractivity contribution < 1.29 is 4.74 Å². The Morgan fingerprint density at radius 3 is 3.36 bits per heavy atom. The minimum absolute atomic E-state index is 0.768. The molecule has 1 aliphatic rings. The number of hydrogen-bond donors (Lipinski definition) is 1. The Kier molecular flexibility index (Phi) is 1.92. The van der Waals surface area contributed by atoms with Gasteiger partial charge in [0.1, 0.15) is 12.4 Å². The first-order valence-corrected chi connectivity index (χ1v) is 5.65. The Labute approximate surface area is 86.5 Å². The molecule has 0 spiro atoms. The molecule has 2 aromatic rings. The summed E-state index contributed by atoms with van der Waals surface area (Å²) in [5.41, 5.74) is 1.27. The number of fused-ring (bicyclic) bond motifs is 2. The number of benzene rings is 1. The van der Waals surface area contributed by atoms with Crippen LogP contribution in [0.4, 0.5) is 0 Å². The minimum Gasteiger partial charge on any atom is -0.492 e. The quantitative estimate of drug-likeness (QED) is 0.713. The van der Waals surface area contributed by atoms with E-state index in [1.165, 1.54) is 15.6 Å². The molecule has 1 N–H and O–H groups in total. The van der Waals surface area contributed by atoms with Gasteiger partial charge in [-0.05, 0) is 29.0 Å². The number of rotatable bonds is 0.